The number of hydrogen-bond acceptors (Lipinski definition) is 4. The monoisotopic (exact) mass is 363 g/mol. The highest BCUT2D eigenvalue weighted by Crippen LogP contribution is 2.30. The van der Waals surface area contributed by atoms with E-state index in [1.807, 2.05) is 43.3 Å². The van der Waals surface area contributed by atoms with Gasteiger partial charge in [-0.2, -0.15) is 0 Å². The summed E-state index contributed by atoms with van der Waals surface area (Å²) in [7, 11) is 0. The van der Waals surface area contributed by atoms with Gasteiger partial charge in [-0.15, -0.1) is 0 Å². The molecule has 1 aliphatic rings. The number of aromatic nitrogens is 2. The van der Waals surface area contributed by atoms with E-state index in [1.165, 1.54) is 0 Å². The summed E-state index contributed by atoms with van der Waals surface area (Å²) in [6, 6.07) is 13.3. The van der Waals surface area contributed by atoms with Crippen LogP contribution in [0.15, 0.2) is 53.5 Å². The molecule has 0 amide bonds. The molecule has 3 aromatic rings. The number of nitrogens with zero attached hydrogens (tertiary/aromatic N) is 2. The van der Waals surface area contributed by atoms with Crippen molar-refractivity contribution in [3.05, 3.63) is 75.8 Å². The number of fused-ring (bicyclic) bond motifs is 1. The molecule has 0 spiro atoms. The normalized spacial score (nSPS) is 17.3. The van der Waals surface area contributed by atoms with Crippen LogP contribution in [0.1, 0.15) is 35.9 Å². The maximum Gasteiger partial charge on any atom is 0.189 e. The Labute approximate surface area is 158 Å². The maximum atomic E-state index is 12.4. The highest BCUT2D eigenvalue weighted by atomic mass is 16.3. The number of hydrogen-bond donors (Lipinski definition) is 2. The molecule has 5 nitrogen and oxygen atoms in total. The number of H-pyrrole nitrogens is 1. The van der Waals surface area contributed by atoms with Crippen molar-refractivity contribution in [2.24, 2.45) is 5.92 Å². The molecule has 1 aliphatic heterocycles. The standard InChI is InChI=1S/C22H25N3O2/c1-15-5-6-19-18(12-15)21(26)13-17(24-19)14-25-10-7-16(8-11-25)22(27)20-4-2-3-9-23-20/h2-6,9,12-13,16,22,27H,7-8,10-11,14H2,1H3,(H,24,26)/t22-/m1/s1. The van der Waals surface area contributed by atoms with Crippen LogP contribution in [0, 0.1) is 12.8 Å². The second-order valence-electron chi connectivity index (χ2n) is 7.52. The summed E-state index contributed by atoms with van der Waals surface area (Å²) < 4.78 is 0. The van der Waals surface area contributed by atoms with E-state index in [0.717, 1.165) is 60.3 Å². The number of aliphatic hydroxyl groups excluding tert-OH is 1. The first kappa shape index (κ1) is 17.9. The number of nitrogens with one attached hydrogen (secondary N) is 1. The Morgan fingerprint density at radius 2 is 2.04 bits per heavy atom. The van der Waals surface area contributed by atoms with E-state index in [0.29, 0.717) is 0 Å². The molecule has 1 atom stereocenters. The molecule has 27 heavy (non-hydrogen) atoms. The summed E-state index contributed by atoms with van der Waals surface area (Å²) in [5, 5.41) is 11.3. The van der Waals surface area contributed by atoms with Gasteiger partial charge in [-0.25, -0.2) is 0 Å². The van der Waals surface area contributed by atoms with Crippen LogP contribution in [0.5, 0.6) is 0 Å². The predicted molar refractivity (Wildman–Crippen MR) is 107 cm³/mol. The fourth-order valence-electron chi connectivity index (χ4n) is 3.96. The lowest BCUT2D eigenvalue weighted by molar-refractivity contribution is 0.0537. The van der Waals surface area contributed by atoms with E-state index in [2.05, 4.69) is 14.9 Å². The van der Waals surface area contributed by atoms with Crippen molar-refractivity contribution in [3.8, 4) is 0 Å². The summed E-state index contributed by atoms with van der Waals surface area (Å²) >= 11 is 0. The fourth-order valence-corrected chi connectivity index (χ4v) is 3.96. The van der Waals surface area contributed by atoms with Crippen molar-refractivity contribution >= 4 is 10.9 Å². The first-order valence-corrected chi connectivity index (χ1v) is 9.54. The van der Waals surface area contributed by atoms with Gasteiger partial charge in [0, 0.05) is 35.4 Å². The van der Waals surface area contributed by atoms with Crippen LogP contribution in [-0.2, 0) is 6.54 Å². The Balaban J connectivity index is 1.41. The predicted octanol–water partition coefficient (Wildman–Crippen LogP) is 3.18. The van der Waals surface area contributed by atoms with E-state index in [1.54, 1.807) is 12.3 Å². The minimum absolute atomic E-state index is 0.0721. The summed E-state index contributed by atoms with van der Waals surface area (Å²) in [5.41, 5.74) is 3.76. The van der Waals surface area contributed by atoms with Crippen LogP contribution in [-0.4, -0.2) is 33.1 Å². The third-order valence-corrected chi connectivity index (χ3v) is 5.50. The molecule has 1 aromatic carbocycles. The van der Waals surface area contributed by atoms with Crippen LogP contribution < -0.4 is 5.43 Å². The molecule has 2 N–H and O–H groups in total. The Morgan fingerprint density at radius 3 is 2.78 bits per heavy atom. The number of aryl methyl sites for hydroxylation is 1. The number of aromatic amines is 1. The molecule has 0 unspecified atom stereocenters. The van der Waals surface area contributed by atoms with Crippen molar-refractivity contribution in [2.75, 3.05) is 13.1 Å². The third kappa shape index (κ3) is 3.94. The highest BCUT2D eigenvalue weighted by molar-refractivity contribution is 5.79. The van der Waals surface area contributed by atoms with Crippen molar-refractivity contribution < 1.29 is 5.11 Å². The van der Waals surface area contributed by atoms with Crippen molar-refractivity contribution in [2.45, 2.75) is 32.4 Å². The Bertz CT molecular complexity index is 976. The van der Waals surface area contributed by atoms with E-state index in [-0.39, 0.29) is 11.3 Å². The highest BCUT2D eigenvalue weighted by Gasteiger charge is 2.27. The summed E-state index contributed by atoms with van der Waals surface area (Å²) in [5.74, 6) is 0.231. The minimum Gasteiger partial charge on any atom is -0.387 e. The van der Waals surface area contributed by atoms with Crippen molar-refractivity contribution in [3.63, 3.8) is 0 Å². The molecule has 3 heterocycles. The third-order valence-electron chi connectivity index (χ3n) is 5.50. The number of pyridine rings is 2. The number of piperidine rings is 1. The lowest BCUT2D eigenvalue weighted by atomic mass is 9.89. The molecule has 1 saturated heterocycles. The van der Waals surface area contributed by atoms with Crippen molar-refractivity contribution in [1.29, 1.82) is 0 Å². The van der Waals surface area contributed by atoms with Gasteiger partial charge in [-0.05, 0) is 63.0 Å². The maximum absolute atomic E-state index is 12.4. The van der Waals surface area contributed by atoms with Crippen molar-refractivity contribution in [1.82, 2.24) is 14.9 Å². The van der Waals surface area contributed by atoms with Gasteiger partial charge in [0.2, 0.25) is 0 Å². The second kappa shape index (κ2) is 7.62. The van der Waals surface area contributed by atoms with Crippen LogP contribution in [0.2, 0.25) is 0 Å². The zero-order valence-corrected chi connectivity index (χ0v) is 15.6. The van der Waals surface area contributed by atoms with E-state index in [4.69, 9.17) is 0 Å². The van der Waals surface area contributed by atoms with Gasteiger partial charge in [0.25, 0.3) is 0 Å². The van der Waals surface area contributed by atoms with Gasteiger partial charge < -0.3 is 10.1 Å². The molecule has 2 aromatic heterocycles. The van der Waals surface area contributed by atoms with Gasteiger partial charge in [0.1, 0.15) is 0 Å². The average molecular weight is 363 g/mol. The summed E-state index contributed by atoms with van der Waals surface area (Å²) in [4.78, 5) is 22.4. The lowest BCUT2D eigenvalue weighted by Crippen LogP contribution is -2.35. The van der Waals surface area contributed by atoms with Gasteiger partial charge in [0.05, 0.1) is 11.8 Å². The number of aliphatic hydroxyl groups is 1. The molecule has 0 bridgehead atoms. The molecular weight excluding hydrogens is 338 g/mol. The number of benzene rings is 1. The molecule has 5 heteroatoms. The van der Waals surface area contributed by atoms with E-state index < -0.39 is 6.10 Å². The molecule has 0 radical (unpaired) electrons. The van der Waals surface area contributed by atoms with Gasteiger partial charge in [-0.1, -0.05) is 17.7 Å². The van der Waals surface area contributed by atoms with Gasteiger partial charge in [0.15, 0.2) is 5.43 Å². The Hall–Kier alpha value is -2.50. The number of likely N-dealkylation sites (tertiary alicyclic amines) is 1. The quantitative estimate of drug-likeness (QED) is 0.747. The number of rotatable bonds is 4. The summed E-state index contributed by atoms with van der Waals surface area (Å²) in [6.45, 7) is 4.53. The zero-order valence-electron chi connectivity index (χ0n) is 15.6. The smallest absolute Gasteiger partial charge is 0.189 e. The lowest BCUT2D eigenvalue weighted by Gasteiger charge is -2.34. The zero-order chi connectivity index (χ0) is 18.8. The first-order chi connectivity index (χ1) is 13.1. The molecule has 1 fully saturated rings. The SMILES string of the molecule is Cc1ccc2[nH]c(CN3CCC([C@@H](O)c4ccccn4)CC3)cc(=O)c2c1. The Kier molecular flexibility index (Phi) is 5.05. The molecular formula is C22H25N3O2. The molecule has 0 saturated carbocycles. The van der Waals surface area contributed by atoms with Gasteiger partial charge >= 0.3 is 0 Å². The topological polar surface area (TPSA) is 69.2 Å². The van der Waals surface area contributed by atoms with E-state index in [9.17, 15) is 9.90 Å². The minimum atomic E-state index is -0.503. The van der Waals surface area contributed by atoms with Crippen LogP contribution in [0.3, 0.4) is 0 Å². The van der Waals surface area contributed by atoms with Crippen LogP contribution >= 0.6 is 0 Å². The van der Waals surface area contributed by atoms with Crippen LogP contribution in [0.25, 0.3) is 10.9 Å². The first-order valence-electron chi connectivity index (χ1n) is 9.54. The van der Waals surface area contributed by atoms with Gasteiger partial charge in [-0.3, -0.25) is 14.7 Å². The average Bonchev–Trinajstić information content (AvgIpc) is 2.69. The molecule has 0 aliphatic carbocycles. The summed E-state index contributed by atoms with van der Waals surface area (Å²) in [6.07, 6.45) is 3.08. The molecule has 140 valence electrons. The Morgan fingerprint density at radius 1 is 1.22 bits per heavy atom. The molecule has 4 rings (SSSR count). The largest absolute Gasteiger partial charge is 0.387 e. The second-order valence-corrected chi connectivity index (χ2v) is 7.52. The van der Waals surface area contributed by atoms with Crippen LogP contribution in [0.4, 0.5) is 0 Å². The fraction of sp³-hybridized carbons (Fsp3) is 0.364. The van der Waals surface area contributed by atoms with E-state index >= 15 is 0 Å².